The van der Waals surface area contributed by atoms with E-state index >= 15 is 0 Å². The van der Waals surface area contributed by atoms with E-state index in [1.54, 1.807) is 0 Å². The highest BCUT2D eigenvalue weighted by Gasteiger charge is 2.02. The molecule has 2 nitrogen and oxygen atoms in total. The average Bonchev–Trinajstić information content (AvgIpc) is 2.24. The van der Waals surface area contributed by atoms with Crippen LogP contribution in [0.3, 0.4) is 0 Å². The molecule has 0 aliphatic carbocycles. The van der Waals surface area contributed by atoms with Gasteiger partial charge in [0, 0.05) is 11.7 Å². The van der Waals surface area contributed by atoms with Crippen LogP contribution in [0.4, 0.5) is 5.82 Å². The van der Waals surface area contributed by atoms with Crippen molar-refractivity contribution >= 4 is 5.82 Å². The lowest BCUT2D eigenvalue weighted by Gasteiger charge is -2.14. The van der Waals surface area contributed by atoms with E-state index in [0.29, 0.717) is 6.04 Å². The summed E-state index contributed by atoms with van der Waals surface area (Å²) in [6, 6.07) is 6.63. The molecule has 0 radical (unpaired) electrons. The lowest BCUT2D eigenvalue weighted by Crippen LogP contribution is -2.15. The minimum atomic E-state index is 0.520. The van der Waals surface area contributed by atoms with Crippen LogP contribution in [0.15, 0.2) is 18.2 Å². The third-order valence-corrected chi connectivity index (χ3v) is 2.77. The van der Waals surface area contributed by atoms with Crippen molar-refractivity contribution in [1.29, 1.82) is 0 Å². The Hall–Kier alpha value is -1.05. The van der Waals surface area contributed by atoms with Crippen molar-refractivity contribution in [2.75, 3.05) is 5.32 Å². The molecule has 0 spiro atoms. The molecule has 0 saturated heterocycles. The second-order valence-corrected chi connectivity index (χ2v) is 4.56. The smallest absolute Gasteiger partial charge is 0.126 e. The van der Waals surface area contributed by atoms with Gasteiger partial charge in [-0.15, -0.1) is 0 Å². The fourth-order valence-corrected chi connectivity index (χ4v) is 1.83. The zero-order valence-corrected chi connectivity index (χ0v) is 10.8. The predicted molar refractivity (Wildman–Crippen MR) is 70.8 cm³/mol. The number of rotatable bonds is 7. The Bertz CT molecular complexity index is 297. The topological polar surface area (TPSA) is 24.9 Å². The van der Waals surface area contributed by atoms with E-state index < -0.39 is 0 Å². The second kappa shape index (κ2) is 7.26. The zero-order chi connectivity index (χ0) is 11.8. The first-order chi connectivity index (χ1) is 7.72. The molecule has 0 aliphatic rings. The van der Waals surface area contributed by atoms with Gasteiger partial charge >= 0.3 is 0 Å². The molecule has 1 atom stereocenters. The molecule has 0 saturated carbocycles. The van der Waals surface area contributed by atoms with Crippen molar-refractivity contribution < 1.29 is 0 Å². The Morgan fingerprint density at radius 2 is 2.06 bits per heavy atom. The highest BCUT2D eigenvalue weighted by molar-refractivity contribution is 5.35. The first-order valence-electron chi connectivity index (χ1n) is 6.42. The van der Waals surface area contributed by atoms with E-state index in [9.17, 15) is 0 Å². The van der Waals surface area contributed by atoms with Crippen LogP contribution in [0.5, 0.6) is 0 Å². The Balaban J connectivity index is 2.25. The number of pyridine rings is 1. The number of hydrogen-bond acceptors (Lipinski definition) is 2. The van der Waals surface area contributed by atoms with Gasteiger partial charge in [0.1, 0.15) is 5.82 Å². The number of unbranched alkanes of at least 4 members (excludes halogenated alkanes) is 3. The van der Waals surface area contributed by atoms with Crippen molar-refractivity contribution in [3.63, 3.8) is 0 Å². The van der Waals surface area contributed by atoms with Crippen LogP contribution >= 0.6 is 0 Å². The van der Waals surface area contributed by atoms with Crippen molar-refractivity contribution in [3.8, 4) is 0 Å². The average molecular weight is 220 g/mol. The highest BCUT2D eigenvalue weighted by atomic mass is 15.0. The summed E-state index contributed by atoms with van der Waals surface area (Å²) in [4.78, 5) is 4.45. The maximum absolute atomic E-state index is 4.45. The molecule has 0 amide bonds. The summed E-state index contributed by atoms with van der Waals surface area (Å²) in [6.45, 7) is 6.51. The summed E-state index contributed by atoms with van der Waals surface area (Å²) >= 11 is 0. The lowest BCUT2D eigenvalue weighted by molar-refractivity contribution is 0.593. The standard InChI is InChI=1S/C14H24N2/c1-4-5-6-7-9-12(2)15-14-11-8-10-13(3)16-14/h8,10-12H,4-7,9H2,1-3H3,(H,15,16). The van der Waals surface area contributed by atoms with Crippen LogP contribution in [-0.4, -0.2) is 11.0 Å². The van der Waals surface area contributed by atoms with E-state index in [0.717, 1.165) is 11.5 Å². The molecule has 1 N–H and O–H groups in total. The Kier molecular flexibility index (Phi) is 5.91. The van der Waals surface area contributed by atoms with Gasteiger partial charge in [-0.25, -0.2) is 4.98 Å². The molecule has 1 aromatic rings. The lowest BCUT2D eigenvalue weighted by atomic mass is 10.1. The van der Waals surface area contributed by atoms with Crippen molar-refractivity contribution in [1.82, 2.24) is 4.98 Å². The summed E-state index contributed by atoms with van der Waals surface area (Å²) in [5.41, 5.74) is 1.07. The van der Waals surface area contributed by atoms with Gasteiger partial charge < -0.3 is 5.32 Å². The molecule has 2 heteroatoms. The van der Waals surface area contributed by atoms with Crippen LogP contribution < -0.4 is 5.32 Å². The van der Waals surface area contributed by atoms with E-state index in [1.807, 2.05) is 19.1 Å². The van der Waals surface area contributed by atoms with Gasteiger partial charge in [0.15, 0.2) is 0 Å². The summed E-state index contributed by atoms with van der Waals surface area (Å²) < 4.78 is 0. The molecule has 1 unspecified atom stereocenters. The van der Waals surface area contributed by atoms with E-state index in [4.69, 9.17) is 0 Å². The number of hydrogen-bond donors (Lipinski definition) is 1. The molecule has 0 bridgehead atoms. The maximum atomic E-state index is 4.45. The molecular weight excluding hydrogens is 196 g/mol. The van der Waals surface area contributed by atoms with Crippen molar-refractivity contribution in [2.45, 2.75) is 58.9 Å². The SMILES string of the molecule is CCCCCCC(C)Nc1cccc(C)n1. The number of anilines is 1. The van der Waals surface area contributed by atoms with Crippen molar-refractivity contribution in [3.05, 3.63) is 23.9 Å². The van der Waals surface area contributed by atoms with Crippen LogP contribution in [0.1, 0.15) is 51.6 Å². The van der Waals surface area contributed by atoms with Gasteiger partial charge in [-0.1, -0.05) is 38.7 Å². The Labute approximate surface area is 99.5 Å². The maximum Gasteiger partial charge on any atom is 0.126 e. The third kappa shape index (κ3) is 5.15. The number of aromatic nitrogens is 1. The summed E-state index contributed by atoms with van der Waals surface area (Å²) in [6.07, 6.45) is 6.56. The number of nitrogens with zero attached hydrogens (tertiary/aromatic N) is 1. The Morgan fingerprint density at radius 3 is 2.75 bits per heavy atom. The molecule has 16 heavy (non-hydrogen) atoms. The van der Waals surface area contributed by atoms with Gasteiger partial charge in [0.2, 0.25) is 0 Å². The highest BCUT2D eigenvalue weighted by Crippen LogP contribution is 2.10. The molecule has 1 rings (SSSR count). The molecule has 1 heterocycles. The van der Waals surface area contributed by atoms with E-state index in [-0.39, 0.29) is 0 Å². The van der Waals surface area contributed by atoms with Gasteiger partial charge in [-0.3, -0.25) is 0 Å². The van der Waals surface area contributed by atoms with E-state index in [1.165, 1.54) is 32.1 Å². The second-order valence-electron chi connectivity index (χ2n) is 4.56. The van der Waals surface area contributed by atoms with Gasteiger partial charge in [0.25, 0.3) is 0 Å². The van der Waals surface area contributed by atoms with E-state index in [2.05, 4.69) is 30.2 Å². The van der Waals surface area contributed by atoms with Crippen LogP contribution in [0.25, 0.3) is 0 Å². The molecule has 1 aromatic heterocycles. The monoisotopic (exact) mass is 220 g/mol. The predicted octanol–water partition coefficient (Wildman–Crippen LogP) is 4.16. The number of nitrogens with one attached hydrogen (secondary N) is 1. The minimum Gasteiger partial charge on any atom is -0.368 e. The van der Waals surface area contributed by atoms with Crippen LogP contribution in [-0.2, 0) is 0 Å². The normalized spacial score (nSPS) is 12.4. The molecule has 0 aromatic carbocycles. The van der Waals surface area contributed by atoms with Crippen LogP contribution in [0, 0.1) is 6.92 Å². The molecule has 0 fully saturated rings. The molecular formula is C14H24N2. The van der Waals surface area contributed by atoms with Crippen LogP contribution in [0.2, 0.25) is 0 Å². The quantitative estimate of drug-likeness (QED) is 0.698. The first-order valence-corrected chi connectivity index (χ1v) is 6.42. The van der Waals surface area contributed by atoms with Gasteiger partial charge in [-0.05, 0) is 32.4 Å². The first kappa shape index (κ1) is 13.0. The minimum absolute atomic E-state index is 0.520. The summed E-state index contributed by atoms with van der Waals surface area (Å²) in [5, 5.41) is 3.45. The van der Waals surface area contributed by atoms with Gasteiger partial charge in [0.05, 0.1) is 0 Å². The molecule has 90 valence electrons. The summed E-state index contributed by atoms with van der Waals surface area (Å²) in [7, 11) is 0. The third-order valence-electron chi connectivity index (χ3n) is 2.77. The zero-order valence-electron chi connectivity index (χ0n) is 10.8. The molecule has 0 aliphatic heterocycles. The fourth-order valence-electron chi connectivity index (χ4n) is 1.83. The Morgan fingerprint density at radius 1 is 1.25 bits per heavy atom. The van der Waals surface area contributed by atoms with Gasteiger partial charge in [-0.2, -0.15) is 0 Å². The summed E-state index contributed by atoms with van der Waals surface area (Å²) in [5.74, 6) is 1.00. The fraction of sp³-hybridized carbons (Fsp3) is 0.643. The largest absolute Gasteiger partial charge is 0.368 e. The number of aryl methyl sites for hydroxylation is 1. The van der Waals surface area contributed by atoms with Crippen molar-refractivity contribution in [2.24, 2.45) is 0 Å².